The zero-order valence-corrected chi connectivity index (χ0v) is 12.5. The molecule has 1 fully saturated rings. The molecule has 6 nitrogen and oxygen atoms in total. The predicted octanol–water partition coefficient (Wildman–Crippen LogP) is 0.341. The maximum absolute atomic E-state index is 11.8. The molecule has 1 amide bonds. The van der Waals surface area contributed by atoms with Gasteiger partial charge in [-0.3, -0.25) is 9.59 Å². The predicted molar refractivity (Wildman–Crippen MR) is 80.4 cm³/mol. The third-order valence-electron chi connectivity index (χ3n) is 2.98. The number of H-pyrrole nitrogens is 1. The Kier molecular flexibility index (Phi) is 8.48. The number of pyridine rings is 1. The minimum Gasteiger partial charge on any atom is -0.364 e. The summed E-state index contributed by atoms with van der Waals surface area (Å²) in [4.78, 5) is 25.2. The number of nitrogens with one attached hydrogen (secondary N) is 2. The van der Waals surface area contributed by atoms with Gasteiger partial charge >= 0.3 is 0 Å². The standard InChI is InChI=1S/C12H17N3O3.2ClH/c13-5-9-2-3-10(18-9)12(17)15-7-8-1-4-11(16)14-6-8;;/h1,4,6,9-10H,2-3,5,7,13H2,(H,14,16)(H,15,17);2*1H/t9-,10+;;/m1../s1. The lowest BCUT2D eigenvalue weighted by Gasteiger charge is -2.12. The first-order valence-corrected chi connectivity index (χ1v) is 6.00. The van der Waals surface area contributed by atoms with E-state index in [1.54, 1.807) is 12.3 Å². The van der Waals surface area contributed by atoms with Crippen molar-refractivity contribution in [2.75, 3.05) is 6.54 Å². The molecule has 1 aliphatic heterocycles. The maximum Gasteiger partial charge on any atom is 0.249 e. The third-order valence-corrected chi connectivity index (χ3v) is 2.98. The summed E-state index contributed by atoms with van der Waals surface area (Å²) in [5.74, 6) is -0.128. The van der Waals surface area contributed by atoms with Gasteiger partial charge in [0.25, 0.3) is 0 Å². The highest BCUT2D eigenvalue weighted by molar-refractivity contribution is 5.85. The molecule has 0 spiro atoms. The molecule has 4 N–H and O–H groups in total. The van der Waals surface area contributed by atoms with E-state index in [2.05, 4.69) is 10.3 Å². The number of hydrogen-bond acceptors (Lipinski definition) is 4. The van der Waals surface area contributed by atoms with Crippen molar-refractivity contribution in [2.24, 2.45) is 5.73 Å². The summed E-state index contributed by atoms with van der Waals surface area (Å²) in [5.41, 5.74) is 6.17. The van der Waals surface area contributed by atoms with Crippen molar-refractivity contribution in [1.82, 2.24) is 10.3 Å². The number of carbonyl (C=O) groups is 1. The Morgan fingerprint density at radius 3 is 2.70 bits per heavy atom. The van der Waals surface area contributed by atoms with Gasteiger partial charge in [0, 0.05) is 25.4 Å². The molecule has 20 heavy (non-hydrogen) atoms. The van der Waals surface area contributed by atoms with Crippen molar-refractivity contribution in [3.8, 4) is 0 Å². The number of rotatable bonds is 4. The zero-order valence-electron chi connectivity index (χ0n) is 10.8. The Bertz CT molecular complexity index is 461. The van der Waals surface area contributed by atoms with E-state index in [4.69, 9.17) is 10.5 Å². The normalized spacial score (nSPS) is 20.6. The minimum atomic E-state index is -0.402. The number of aromatic nitrogens is 1. The summed E-state index contributed by atoms with van der Waals surface area (Å²) in [6.45, 7) is 0.826. The summed E-state index contributed by atoms with van der Waals surface area (Å²) < 4.78 is 5.49. The average Bonchev–Trinajstić information content (AvgIpc) is 2.86. The van der Waals surface area contributed by atoms with Crippen LogP contribution in [0.1, 0.15) is 18.4 Å². The van der Waals surface area contributed by atoms with Crippen molar-refractivity contribution >= 4 is 30.7 Å². The molecule has 2 rings (SSSR count). The second-order valence-electron chi connectivity index (χ2n) is 4.34. The fraction of sp³-hybridized carbons (Fsp3) is 0.500. The van der Waals surface area contributed by atoms with Crippen LogP contribution >= 0.6 is 24.8 Å². The van der Waals surface area contributed by atoms with E-state index in [1.807, 2.05) is 0 Å². The lowest BCUT2D eigenvalue weighted by molar-refractivity contribution is -0.132. The van der Waals surface area contributed by atoms with Crippen LogP contribution in [-0.2, 0) is 16.1 Å². The van der Waals surface area contributed by atoms with Crippen molar-refractivity contribution in [3.63, 3.8) is 0 Å². The third kappa shape index (κ3) is 5.13. The van der Waals surface area contributed by atoms with E-state index in [0.717, 1.165) is 12.0 Å². The average molecular weight is 324 g/mol. The summed E-state index contributed by atoms with van der Waals surface area (Å²) in [5, 5.41) is 2.78. The molecule has 0 bridgehead atoms. The summed E-state index contributed by atoms with van der Waals surface area (Å²) in [7, 11) is 0. The Hall–Kier alpha value is -1.08. The van der Waals surface area contributed by atoms with Crippen LogP contribution < -0.4 is 16.6 Å². The van der Waals surface area contributed by atoms with Crippen molar-refractivity contribution in [2.45, 2.75) is 31.6 Å². The first kappa shape index (κ1) is 18.9. The monoisotopic (exact) mass is 323 g/mol. The molecule has 1 aliphatic rings. The van der Waals surface area contributed by atoms with Gasteiger partial charge in [0.1, 0.15) is 6.10 Å². The SMILES string of the molecule is Cl.Cl.NC[C@H]1CC[C@@H](C(=O)NCc2ccc(=O)[nH]c2)O1. The zero-order chi connectivity index (χ0) is 13.0. The van der Waals surface area contributed by atoms with E-state index >= 15 is 0 Å². The van der Waals surface area contributed by atoms with Crippen molar-refractivity contribution in [1.29, 1.82) is 0 Å². The molecule has 1 aromatic heterocycles. The number of nitrogens with two attached hydrogens (primary N) is 1. The van der Waals surface area contributed by atoms with Gasteiger partial charge < -0.3 is 20.8 Å². The van der Waals surface area contributed by atoms with Gasteiger partial charge in [-0.05, 0) is 18.4 Å². The highest BCUT2D eigenvalue weighted by Crippen LogP contribution is 2.18. The molecule has 0 radical (unpaired) electrons. The quantitative estimate of drug-likeness (QED) is 0.744. The minimum absolute atomic E-state index is 0. The molecule has 0 unspecified atom stereocenters. The van der Waals surface area contributed by atoms with Crippen LogP contribution in [0.2, 0.25) is 0 Å². The molecule has 2 heterocycles. The van der Waals surface area contributed by atoms with Gasteiger partial charge in [-0.25, -0.2) is 0 Å². The van der Waals surface area contributed by atoms with Crippen LogP contribution in [0.15, 0.2) is 23.1 Å². The summed E-state index contributed by atoms with van der Waals surface area (Å²) in [6.07, 6.45) is 2.71. The van der Waals surface area contributed by atoms with E-state index in [1.165, 1.54) is 6.07 Å². The van der Waals surface area contributed by atoms with Crippen LogP contribution in [0, 0.1) is 0 Å². The maximum atomic E-state index is 11.8. The van der Waals surface area contributed by atoms with Crippen LogP contribution in [0.4, 0.5) is 0 Å². The molecule has 1 saturated heterocycles. The number of ether oxygens (including phenoxy) is 1. The molecular formula is C12H19Cl2N3O3. The second-order valence-corrected chi connectivity index (χ2v) is 4.34. The fourth-order valence-corrected chi connectivity index (χ4v) is 1.93. The Morgan fingerprint density at radius 2 is 2.15 bits per heavy atom. The van der Waals surface area contributed by atoms with Crippen LogP contribution in [0.25, 0.3) is 0 Å². The van der Waals surface area contributed by atoms with E-state index in [-0.39, 0.29) is 42.4 Å². The number of carbonyl (C=O) groups excluding carboxylic acids is 1. The molecule has 1 aromatic rings. The molecule has 114 valence electrons. The van der Waals surface area contributed by atoms with Gasteiger partial charge in [0.15, 0.2) is 0 Å². The smallest absolute Gasteiger partial charge is 0.249 e. The van der Waals surface area contributed by atoms with Crippen molar-refractivity contribution in [3.05, 3.63) is 34.2 Å². The molecule has 0 saturated carbocycles. The fourth-order valence-electron chi connectivity index (χ4n) is 1.93. The largest absolute Gasteiger partial charge is 0.364 e. The molecule has 0 aliphatic carbocycles. The van der Waals surface area contributed by atoms with Crippen LogP contribution in [0.3, 0.4) is 0 Å². The van der Waals surface area contributed by atoms with Crippen LogP contribution in [0.5, 0.6) is 0 Å². The lowest BCUT2D eigenvalue weighted by atomic mass is 10.2. The first-order valence-electron chi connectivity index (χ1n) is 6.00. The summed E-state index contributed by atoms with van der Waals surface area (Å²) in [6, 6.07) is 3.11. The van der Waals surface area contributed by atoms with Crippen LogP contribution in [-0.4, -0.2) is 29.6 Å². The van der Waals surface area contributed by atoms with E-state index < -0.39 is 6.10 Å². The summed E-state index contributed by atoms with van der Waals surface area (Å²) >= 11 is 0. The molecule has 8 heteroatoms. The van der Waals surface area contributed by atoms with Crippen molar-refractivity contribution < 1.29 is 9.53 Å². The van der Waals surface area contributed by atoms with E-state index in [9.17, 15) is 9.59 Å². The molecular weight excluding hydrogens is 305 g/mol. The topological polar surface area (TPSA) is 97.2 Å². The van der Waals surface area contributed by atoms with Gasteiger partial charge in [-0.1, -0.05) is 6.07 Å². The van der Waals surface area contributed by atoms with Gasteiger partial charge in [-0.15, -0.1) is 24.8 Å². The highest BCUT2D eigenvalue weighted by atomic mass is 35.5. The van der Waals surface area contributed by atoms with Gasteiger partial charge in [-0.2, -0.15) is 0 Å². The second kappa shape index (κ2) is 8.97. The number of hydrogen-bond donors (Lipinski definition) is 3. The number of aromatic amines is 1. The lowest BCUT2D eigenvalue weighted by Crippen LogP contribution is -2.35. The molecule has 0 aromatic carbocycles. The Morgan fingerprint density at radius 1 is 1.40 bits per heavy atom. The molecule has 2 atom stereocenters. The van der Waals surface area contributed by atoms with E-state index in [0.29, 0.717) is 19.5 Å². The Balaban J connectivity index is 0.00000180. The van der Waals surface area contributed by atoms with Gasteiger partial charge in [0.05, 0.1) is 6.10 Å². The highest BCUT2D eigenvalue weighted by Gasteiger charge is 2.29. The Labute approximate surface area is 129 Å². The number of halogens is 2. The van der Waals surface area contributed by atoms with Gasteiger partial charge in [0.2, 0.25) is 11.5 Å². The number of amides is 1. The first-order chi connectivity index (χ1) is 8.69.